The quantitative estimate of drug-likeness (QED) is 0.677. The van der Waals surface area contributed by atoms with Gasteiger partial charge in [-0.15, -0.1) is 0 Å². The fourth-order valence-corrected chi connectivity index (χ4v) is 2.54. The third-order valence-corrected chi connectivity index (χ3v) is 3.82. The van der Waals surface area contributed by atoms with E-state index in [4.69, 9.17) is 4.74 Å². The number of Topliss-reactive ketones (excluding diaryl/α,β-unsaturated/α-hetero) is 1. The first kappa shape index (κ1) is 15.9. The molecule has 2 heterocycles. The van der Waals surface area contributed by atoms with Crippen LogP contribution in [0.2, 0.25) is 0 Å². The molecule has 0 saturated heterocycles. The van der Waals surface area contributed by atoms with Gasteiger partial charge in [0.25, 0.3) is 5.56 Å². The van der Waals surface area contributed by atoms with Crippen molar-refractivity contribution in [3.63, 3.8) is 0 Å². The van der Waals surface area contributed by atoms with Crippen molar-refractivity contribution in [2.45, 2.75) is 26.9 Å². The van der Waals surface area contributed by atoms with Gasteiger partial charge in [-0.05, 0) is 43.3 Å². The van der Waals surface area contributed by atoms with Crippen LogP contribution in [0, 0.1) is 6.92 Å². The Morgan fingerprint density at radius 1 is 1.17 bits per heavy atom. The Hall–Kier alpha value is -2.95. The van der Waals surface area contributed by atoms with Crippen LogP contribution >= 0.6 is 0 Å². The second kappa shape index (κ2) is 6.66. The molecule has 0 amide bonds. The van der Waals surface area contributed by atoms with Gasteiger partial charge in [0.15, 0.2) is 5.78 Å². The van der Waals surface area contributed by atoms with Crippen LogP contribution in [0.15, 0.2) is 53.3 Å². The molecular formula is C19H18N2O3. The van der Waals surface area contributed by atoms with Crippen LogP contribution < -0.4 is 10.3 Å². The van der Waals surface area contributed by atoms with Crippen molar-refractivity contribution < 1.29 is 9.53 Å². The summed E-state index contributed by atoms with van der Waals surface area (Å²) >= 11 is 0. The molecule has 3 aromatic rings. The molecule has 0 aliphatic rings. The summed E-state index contributed by atoms with van der Waals surface area (Å²) in [5, 5.41) is 0. The summed E-state index contributed by atoms with van der Waals surface area (Å²) in [6.07, 6.45) is 0.477. The van der Waals surface area contributed by atoms with Gasteiger partial charge in [-0.1, -0.05) is 13.0 Å². The monoisotopic (exact) mass is 322 g/mol. The van der Waals surface area contributed by atoms with Crippen LogP contribution in [0.4, 0.5) is 0 Å². The van der Waals surface area contributed by atoms with Crippen molar-refractivity contribution in [3.05, 3.63) is 75.8 Å². The van der Waals surface area contributed by atoms with Crippen molar-refractivity contribution in [2.75, 3.05) is 0 Å². The van der Waals surface area contributed by atoms with Gasteiger partial charge in [-0.2, -0.15) is 0 Å². The van der Waals surface area contributed by atoms with E-state index in [-0.39, 0.29) is 17.9 Å². The van der Waals surface area contributed by atoms with E-state index in [0.29, 0.717) is 29.1 Å². The minimum atomic E-state index is -0.124. The van der Waals surface area contributed by atoms with Crippen LogP contribution in [-0.4, -0.2) is 15.2 Å². The Balaban J connectivity index is 1.78. The Morgan fingerprint density at radius 2 is 1.92 bits per heavy atom. The zero-order valence-corrected chi connectivity index (χ0v) is 13.7. The zero-order valence-electron chi connectivity index (χ0n) is 13.7. The molecule has 122 valence electrons. The first-order chi connectivity index (χ1) is 11.6. The molecule has 3 rings (SSSR count). The summed E-state index contributed by atoms with van der Waals surface area (Å²) in [5.74, 6) is 0.732. The zero-order chi connectivity index (χ0) is 17.1. The molecule has 0 bridgehead atoms. The molecule has 0 radical (unpaired) electrons. The van der Waals surface area contributed by atoms with E-state index >= 15 is 0 Å². The van der Waals surface area contributed by atoms with E-state index in [1.54, 1.807) is 34.7 Å². The van der Waals surface area contributed by atoms with Crippen LogP contribution in [0.25, 0.3) is 5.65 Å². The summed E-state index contributed by atoms with van der Waals surface area (Å²) in [5.41, 5.74) is 2.56. The molecule has 5 nitrogen and oxygen atoms in total. The lowest BCUT2D eigenvalue weighted by atomic mass is 10.1. The van der Waals surface area contributed by atoms with E-state index in [9.17, 15) is 9.59 Å². The predicted octanol–water partition coefficient (Wildman–Crippen LogP) is 3.17. The van der Waals surface area contributed by atoms with Gasteiger partial charge in [0.2, 0.25) is 0 Å². The molecule has 0 atom stereocenters. The lowest BCUT2D eigenvalue weighted by Crippen LogP contribution is -2.18. The van der Waals surface area contributed by atoms with E-state index < -0.39 is 0 Å². The topological polar surface area (TPSA) is 60.7 Å². The molecule has 0 fully saturated rings. The molecule has 0 aliphatic heterocycles. The van der Waals surface area contributed by atoms with Crippen LogP contribution in [0.1, 0.15) is 35.1 Å². The Bertz CT molecular complexity index is 943. The molecule has 2 aromatic heterocycles. The maximum Gasteiger partial charge on any atom is 0.258 e. The number of pyridine rings is 1. The number of ketones is 1. The number of carbonyl (C=O) groups is 1. The first-order valence-corrected chi connectivity index (χ1v) is 7.83. The van der Waals surface area contributed by atoms with Crippen molar-refractivity contribution in [1.82, 2.24) is 9.38 Å². The number of benzene rings is 1. The Morgan fingerprint density at radius 3 is 2.62 bits per heavy atom. The summed E-state index contributed by atoms with van der Waals surface area (Å²) < 4.78 is 7.24. The van der Waals surface area contributed by atoms with Crippen molar-refractivity contribution in [1.29, 1.82) is 0 Å². The van der Waals surface area contributed by atoms with E-state index in [0.717, 1.165) is 5.69 Å². The maximum absolute atomic E-state index is 12.2. The number of aromatic nitrogens is 2. The van der Waals surface area contributed by atoms with Crippen LogP contribution in [-0.2, 0) is 6.61 Å². The van der Waals surface area contributed by atoms with E-state index in [1.807, 2.05) is 26.0 Å². The normalized spacial score (nSPS) is 10.8. The van der Waals surface area contributed by atoms with Gasteiger partial charge < -0.3 is 4.74 Å². The Kier molecular flexibility index (Phi) is 4.42. The van der Waals surface area contributed by atoms with Crippen LogP contribution in [0.5, 0.6) is 5.75 Å². The number of nitrogens with zero attached hydrogens (tertiary/aromatic N) is 2. The number of rotatable bonds is 5. The van der Waals surface area contributed by atoms with E-state index in [1.165, 1.54) is 6.07 Å². The second-order valence-electron chi connectivity index (χ2n) is 5.54. The summed E-state index contributed by atoms with van der Waals surface area (Å²) in [6, 6.07) is 14.0. The number of ether oxygens (including phenoxy) is 1. The fourth-order valence-electron chi connectivity index (χ4n) is 2.54. The smallest absolute Gasteiger partial charge is 0.258 e. The average molecular weight is 322 g/mol. The third kappa shape index (κ3) is 3.20. The molecule has 0 unspecified atom stereocenters. The molecular weight excluding hydrogens is 304 g/mol. The standard InChI is InChI=1S/C19H18N2O3/c1-3-17(22)14-7-9-16(10-8-14)24-12-15-11-19(23)21-13(2)5-4-6-18(21)20-15/h4-11H,3,12H2,1-2H3. The SMILES string of the molecule is CCC(=O)c1ccc(OCc2cc(=O)n3c(C)cccc3n2)cc1. The van der Waals surface area contributed by atoms with Gasteiger partial charge in [0.1, 0.15) is 18.0 Å². The molecule has 0 saturated carbocycles. The minimum Gasteiger partial charge on any atom is -0.487 e. The molecule has 0 aliphatic carbocycles. The molecule has 5 heteroatoms. The van der Waals surface area contributed by atoms with Gasteiger partial charge in [-0.3, -0.25) is 14.0 Å². The fraction of sp³-hybridized carbons (Fsp3) is 0.211. The number of carbonyl (C=O) groups excluding carboxylic acids is 1. The summed E-state index contributed by atoms with van der Waals surface area (Å²) in [6.45, 7) is 3.89. The predicted molar refractivity (Wildman–Crippen MR) is 91.6 cm³/mol. The first-order valence-electron chi connectivity index (χ1n) is 7.83. The lowest BCUT2D eigenvalue weighted by Gasteiger charge is -2.08. The maximum atomic E-state index is 12.2. The van der Waals surface area contributed by atoms with Gasteiger partial charge in [0, 0.05) is 23.7 Å². The van der Waals surface area contributed by atoms with Crippen molar-refractivity contribution in [2.24, 2.45) is 0 Å². The number of fused-ring (bicyclic) bond motifs is 1. The second-order valence-corrected chi connectivity index (χ2v) is 5.54. The molecule has 0 N–H and O–H groups in total. The molecule has 24 heavy (non-hydrogen) atoms. The van der Waals surface area contributed by atoms with Gasteiger partial charge in [0.05, 0.1) is 5.69 Å². The van der Waals surface area contributed by atoms with Crippen LogP contribution in [0.3, 0.4) is 0 Å². The highest BCUT2D eigenvalue weighted by Crippen LogP contribution is 2.15. The highest BCUT2D eigenvalue weighted by Gasteiger charge is 2.06. The Labute approximate surface area is 139 Å². The summed E-state index contributed by atoms with van der Waals surface area (Å²) in [7, 11) is 0. The third-order valence-electron chi connectivity index (χ3n) is 3.82. The van der Waals surface area contributed by atoms with E-state index in [2.05, 4.69) is 4.98 Å². The molecule has 1 aromatic carbocycles. The highest BCUT2D eigenvalue weighted by molar-refractivity contribution is 5.95. The van der Waals surface area contributed by atoms with Crippen molar-refractivity contribution >= 4 is 11.4 Å². The lowest BCUT2D eigenvalue weighted by molar-refractivity contribution is 0.0988. The summed E-state index contributed by atoms with van der Waals surface area (Å²) in [4.78, 5) is 28.3. The van der Waals surface area contributed by atoms with Gasteiger partial charge >= 0.3 is 0 Å². The minimum absolute atomic E-state index is 0.0983. The average Bonchev–Trinajstić information content (AvgIpc) is 2.59. The van der Waals surface area contributed by atoms with Gasteiger partial charge in [-0.25, -0.2) is 4.98 Å². The van der Waals surface area contributed by atoms with Crippen molar-refractivity contribution in [3.8, 4) is 5.75 Å². The number of hydrogen-bond donors (Lipinski definition) is 0. The largest absolute Gasteiger partial charge is 0.487 e. The highest BCUT2D eigenvalue weighted by atomic mass is 16.5. The number of aryl methyl sites for hydroxylation is 1. The number of hydrogen-bond acceptors (Lipinski definition) is 4. The molecule has 0 spiro atoms.